The van der Waals surface area contributed by atoms with Crippen LogP contribution in [0.1, 0.15) is 5.56 Å². The first-order valence-corrected chi connectivity index (χ1v) is 6.27. The van der Waals surface area contributed by atoms with Crippen LogP contribution in [0.25, 0.3) is 0 Å². The maximum Gasteiger partial charge on any atom is 0.274 e. The molecule has 2 nitrogen and oxygen atoms in total. The Morgan fingerprint density at radius 3 is 3.00 bits per heavy atom. The second-order valence-electron chi connectivity index (χ2n) is 2.85. The fourth-order valence-corrected chi connectivity index (χ4v) is 2.38. The zero-order valence-electron chi connectivity index (χ0n) is 7.61. The van der Waals surface area contributed by atoms with Gasteiger partial charge < -0.3 is 4.74 Å². The van der Waals surface area contributed by atoms with Crippen molar-refractivity contribution in [2.45, 2.75) is 6.61 Å². The van der Waals surface area contributed by atoms with Crippen LogP contribution in [0.3, 0.4) is 0 Å². The molecule has 1 heterocycles. The molecule has 0 radical (unpaired) electrons. The number of thiazole rings is 1. The largest absolute Gasteiger partial charge is 0.465 e. The molecule has 0 spiro atoms. The number of aromatic nitrogens is 1. The summed E-state index contributed by atoms with van der Waals surface area (Å²) in [6.45, 7) is 0.487. The van der Waals surface area contributed by atoms with E-state index in [4.69, 9.17) is 16.3 Å². The van der Waals surface area contributed by atoms with Gasteiger partial charge >= 0.3 is 0 Å². The fourth-order valence-electron chi connectivity index (χ4n) is 1.08. The summed E-state index contributed by atoms with van der Waals surface area (Å²) in [5, 5.41) is 3.26. The number of halogens is 2. The molecule has 0 saturated heterocycles. The van der Waals surface area contributed by atoms with Crippen molar-refractivity contribution in [2.24, 2.45) is 0 Å². The zero-order chi connectivity index (χ0) is 10.7. The van der Waals surface area contributed by atoms with Crippen LogP contribution in [0.4, 0.5) is 0 Å². The topological polar surface area (TPSA) is 22.1 Å². The van der Waals surface area contributed by atoms with Crippen LogP contribution in [0.15, 0.2) is 34.2 Å². The highest BCUT2D eigenvalue weighted by Gasteiger charge is 2.01. The van der Waals surface area contributed by atoms with E-state index < -0.39 is 0 Å². The van der Waals surface area contributed by atoms with E-state index >= 15 is 0 Å². The van der Waals surface area contributed by atoms with Gasteiger partial charge in [-0.05, 0) is 33.6 Å². The summed E-state index contributed by atoms with van der Waals surface area (Å²) in [7, 11) is 0. The van der Waals surface area contributed by atoms with Crippen molar-refractivity contribution in [3.63, 3.8) is 0 Å². The van der Waals surface area contributed by atoms with E-state index in [1.165, 1.54) is 11.3 Å². The second-order valence-corrected chi connectivity index (χ2v) is 4.92. The summed E-state index contributed by atoms with van der Waals surface area (Å²) < 4.78 is 6.29. The lowest BCUT2D eigenvalue weighted by atomic mass is 10.2. The van der Waals surface area contributed by atoms with Crippen LogP contribution >= 0.6 is 38.9 Å². The maximum absolute atomic E-state index is 5.85. The van der Waals surface area contributed by atoms with E-state index in [0.29, 0.717) is 11.8 Å². The van der Waals surface area contributed by atoms with Gasteiger partial charge in [-0.1, -0.05) is 35.1 Å². The number of hydrogen-bond donors (Lipinski definition) is 0. The predicted octanol–water partition coefficient (Wildman–Crippen LogP) is 4.14. The Morgan fingerprint density at radius 1 is 1.47 bits per heavy atom. The van der Waals surface area contributed by atoms with Gasteiger partial charge in [0.15, 0.2) is 0 Å². The monoisotopic (exact) mass is 303 g/mol. The van der Waals surface area contributed by atoms with Gasteiger partial charge in [-0.15, -0.1) is 0 Å². The highest BCUT2D eigenvalue weighted by molar-refractivity contribution is 9.10. The Hall–Kier alpha value is -0.580. The first kappa shape index (κ1) is 10.9. The molecule has 0 atom stereocenters. The van der Waals surface area contributed by atoms with Crippen molar-refractivity contribution < 1.29 is 4.74 Å². The molecule has 1 aromatic carbocycles. The first-order valence-electron chi connectivity index (χ1n) is 4.22. The van der Waals surface area contributed by atoms with Crippen LogP contribution in [0.2, 0.25) is 5.02 Å². The van der Waals surface area contributed by atoms with Gasteiger partial charge in [-0.3, -0.25) is 0 Å². The van der Waals surface area contributed by atoms with Crippen LogP contribution in [-0.4, -0.2) is 4.98 Å². The molecule has 0 bridgehead atoms. The minimum Gasteiger partial charge on any atom is -0.465 e. The second kappa shape index (κ2) is 4.96. The molecule has 2 aromatic rings. The molecular weight excluding hydrogens is 298 g/mol. The number of ether oxygens (including phenoxy) is 1. The molecular formula is C10H7BrClNOS. The number of hydrogen-bond acceptors (Lipinski definition) is 3. The third-order valence-corrected chi connectivity index (χ3v) is 3.40. The smallest absolute Gasteiger partial charge is 0.274 e. The van der Waals surface area contributed by atoms with Crippen molar-refractivity contribution in [3.05, 3.63) is 44.8 Å². The van der Waals surface area contributed by atoms with Crippen molar-refractivity contribution in [1.82, 2.24) is 4.98 Å². The molecule has 0 saturated carbocycles. The standard InChI is InChI=1S/C10H7BrClNOS/c11-9-6-15-10(13-9)14-5-7-2-1-3-8(12)4-7/h1-4,6H,5H2. The van der Waals surface area contributed by atoms with Crippen molar-refractivity contribution in [2.75, 3.05) is 0 Å². The quantitative estimate of drug-likeness (QED) is 0.850. The van der Waals surface area contributed by atoms with Gasteiger partial charge in [0.05, 0.1) is 0 Å². The summed E-state index contributed by atoms with van der Waals surface area (Å²) in [5.41, 5.74) is 1.04. The Morgan fingerprint density at radius 2 is 2.33 bits per heavy atom. The van der Waals surface area contributed by atoms with E-state index in [1.807, 2.05) is 29.6 Å². The lowest BCUT2D eigenvalue weighted by molar-refractivity contribution is 0.304. The lowest BCUT2D eigenvalue weighted by Crippen LogP contribution is -1.94. The minimum absolute atomic E-state index is 0.487. The molecule has 2 rings (SSSR count). The van der Waals surface area contributed by atoms with E-state index in [9.17, 15) is 0 Å². The summed E-state index contributed by atoms with van der Waals surface area (Å²) in [6, 6.07) is 7.59. The number of benzene rings is 1. The number of nitrogens with zero attached hydrogens (tertiary/aromatic N) is 1. The summed E-state index contributed by atoms with van der Waals surface area (Å²) in [4.78, 5) is 4.13. The third kappa shape index (κ3) is 3.19. The van der Waals surface area contributed by atoms with Gasteiger partial charge in [0, 0.05) is 10.4 Å². The average molecular weight is 305 g/mol. The maximum atomic E-state index is 5.85. The highest BCUT2D eigenvalue weighted by atomic mass is 79.9. The zero-order valence-corrected chi connectivity index (χ0v) is 10.8. The third-order valence-electron chi connectivity index (χ3n) is 1.71. The molecule has 78 valence electrons. The fraction of sp³-hybridized carbons (Fsp3) is 0.100. The van der Waals surface area contributed by atoms with Crippen LogP contribution < -0.4 is 4.74 Å². The molecule has 0 amide bonds. The van der Waals surface area contributed by atoms with Gasteiger partial charge in [0.2, 0.25) is 0 Å². The van der Waals surface area contributed by atoms with E-state index in [0.717, 1.165) is 15.2 Å². The molecule has 0 unspecified atom stereocenters. The molecule has 15 heavy (non-hydrogen) atoms. The van der Waals surface area contributed by atoms with Crippen molar-refractivity contribution in [3.8, 4) is 5.19 Å². The van der Waals surface area contributed by atoms with Gasteiger partial charge in [0.25, 0.3) is 5.19 Å². The summed E-state index contributed by atoms with van der Waals surface area (Å²) in [5.74, 6) is 0. The van der Waals surface area contributed by atoms with Crippen molar-refractivity contribution >= 4 is 38.9 Å². The summed E-state index contributed by atoms with van der Waals surface area (Å²) >= 11 is 10.6. The molecule has 0 N–H and O–H groups in total. The van der Waals surface area contributed by atoms with E-state index in [1.54, 1.807) is 0 Å². The number of rotatable bonds is 3. The molecule has 1 aromatic heterocycles. The Balaban J connectivity index is 1.99. The normalized spacial score (nSPS) is 10.3. The van der Waals surface area contributed by atoms with Crippen molar-refractivity contribution in [1.29, 1.82) is 0 Å². The van der Waals surface area contributed by atoms with Crippen LogP contribution in [0, 0.1) is 0 Å². The minimum atomic E-state index is 0.487. The Kier molecular flexibility index (Phi) is 3.61. The van der Waals surface area contributed by atoms with E-state index in [2.05, 4.69) is 20.9 Å². The molecule has 5 heteroatoms. The first-order chi connectivity index (χ1) is 7.24. The molecule has 0 aliphatic carbocycles. The lowest BCUT2D eigenvalue weighted by Gasteiger charge is -2.02. The highest BCUT2D eigenvalue weighted by Crippen LogP contribution is 2.22. The van der Waals surface area contributed by atoms with Gasteiger partial charge in [-0.2, -0.15) is 4.98 Å². The van der Waals surface area contributed by atoms with Crippen LogP contribution in [-0.2, 0) is 6.61 Å². The Labute approximate surface area is 105 Å². The van der Waals surface area contributed by atoms with E-state index in [-0.39, 0.29) is 0 Å². The predicted molar refractivity (Wildman–Crippen MR) is 65.6 cm³/mol. The summed E-state index contributed by atoms with van der Waals surface area (Å²) in [6.07, 6.45) is 0. The van der Waals surface area contributed by atoms with Crippen LogP contribution in [0.5, 0.6) is 5.19 Å². The Bertz CT molecular complexity index is 460. The molecule has 0 aliphatic heterocycles. The van der Waals surface area contributed by atoms with Gasteiger partial charge in [-0.25, -0.2) is 0 Å². The SMILES string of the molecule is Clc1cccc(COc2nc(Br)cs2)c1. The average Bonchev–Trinajstić information content (AvgIpc) is 2.62. The molecule has 0 aliphatic rings. The van der Waals surface area contributed by atoms with Gasteiger partial charge in [0.1, 0.15) is 11.2 Å². The molecule has 0 fully saturated rings.